The molecule has 35 heavy (non-hydrogen) atoms. The lowest BCUT2D eigenvalue weighted by Gasteiger charge is -2.27. The zero-order valence-electron chi connectivity index (χ0n) is 20.6. The van der Waals surface area contributed by atoms with Crippen molar-refractivity contribution in [3.8, 4) is 5.75 Å². The van der Waals surface area contributed by atoms with Crippen molar-refractivity contribution in [3.63, 3.8) is 0 Å². The molecule has 0 bridgehead atoms. The zero-order chi connectivity index (χ0) is 26.6. The standard InChI is InChI=1S/C24H34Cl3NO6S/c1-17(22(30)33-15-18-11-13-19(32-5)14-12-18)20(28-35(31)23(2,3)4)9-7-6-8-10-21(29)34-16-24(25,26)27/h6-7,11-14,17,20,28H,8-10,15-16H2,1-5H3/b7-6-/t17-,20+,35?/m0/s1. The minimum absolute atomic E-state index is 0.114. The van der Waals surface area contributed by atoms with Crippen LogP contribution in [-0.4, -0.2) is 44.4 Å². The molecule has 0 fully saturated rings. The first-order valence-corrected chi connectivity index (χ1v) is 13.4. The van der Waals surface area contributed by atoms with Crippen molar-refractivity contribution in [3.05, 3.63) is 42.0 Å². The van der Waals surface area contributed by atoms with Crippen molar-refractivity contribution >= 4 is 57.7 Å². The summed E-state index contributed by atoms with van der Waals surface area (Å²) in [6, 6.07) is 6.79. The van der Waals surface area contributed by atoms with E-state index in [4.69, 9.17) is 49.0 Å². The molecule has 1 aromatic rings. The van der Waals surface area contributed by atoms with Gasteiger partial charge in [-0.05, 0) is 51.3 Å². The lowest BCUT2D eigenvalue weighted by Crippen LogP contribution is -2.45. The van der Waals surface area contributed by atoms with Crippen LogP contribution in [0.1, 0.15) is 52.5 Å². The second-order valence-electron chi connectivity index (χ2n) is 8.87. The Bertz CT molecular complexity index is 865. The summed E-state index contributed by atoms with van der Waals surface area (Å²) in [7, 11) is 0.190. The van der Waals surface area contributed by atoms with Crippen LogP contribution in [0.5, 0.6) is 5.75 Å². The molecule has 198 valence electrons. The number of benzene rings is 1. The Balaban J connectivity index is 2.68. The normalized spacial score (nSPS) is 14.9. The SMILES string of the molecule is COc1ccc(COC(=O)[C@@H](C)[C@@H](C/C=C\CCC(=O)OCC(Cl)(Cl)Cl)NS(=O)C(C)(C)C)cc1. The molecule has 1 N–H and O–H groups in total. The molecule has 11 heteroatoms. The van der Waals surface area contributed by atoms with Gasteiger partial charge >= 0.3 is 11.9 Å². The maximum atomic E-state index is 12.7. The van der Waals surface area contributed by atoms with E-state index in [2.05, 4.69) is 4.72 Å². The van der Waals surface area contributed by atoms with E-state index in [9.17, 15) is 13.8 Å². The van der Waals surface area contributed by atoms with E-state index in [0.29, 0.717) is 18.6 Å². The fraction of sp³-hybridized carbons (Fsp3) is 0.583. The average molecular weight is 571 g/mol. The van der Waals surface area contributed by atoms with Crippen LogP contribution in [0.3, 0.4) is 0 Å². The van der Waals surface area contributed by atoms with Crippen molar-refractivity contribution in [2.24, 2.45) is 5.92 Å². The molecule has 0 heterocycles. The highest BCUT2D eigenvalue weighted by molar-refractivity contribution is 7.84. The van der Waals surface area contributed by atoms with Gasteiger partial charge in [0.1, 0.15) is 19.0 Å². The summed E-state index contributed by atoms with van der Waals surface area (Å²) in [5.74, 6) is -0.751. The fourth-order valence-electron chi connectivity index (χ4n) is 2.64. The molecule has 0 amide bonds. The van der Waals surface area contributed by atoms with Crippen molar-refractivity contribution in [1.29, 1.82) is 0 Å². The van der Waals surface area contributed by atoms with Gasteiger partial charge in [-0.1, -0.05) is 66.0 Å². The van der Waals surface area contributed by atoms with Crippen molar-refractivity contribution < 1.29 is 28.0 Å². The van der Waals surface area contributed by atoms with Gasteiger partial charge in [-0.15, -0.1) is 0 Å². The van der Waals surface area contributed by atoms with Crippen LogP contribution in [0.2, 0.25) is 0 Å². The molecule has 7 nitrogen and oxygen atoms in total. The second kappa shape index (κ2) is 15.1. The van der Waals surface area contributed by atoms with Crippen molar-refractivity contribution in [1.82, 2.24) is 4.72 Å². The predicted octanol–water partition coefficient (Wildman–Crippen LogP) is 5.43. The van der Waals surface area contributed by atoms with Gasteiger partial charge in [0.2, 0.25) is 3.79 Å². The maximum Gasteiger partial charge on any atom is 0.310 e. The number of hydrogen-bond acceptors (Lipinski definition) is 6. The van der Waals surface area contributed by atoms with E-state index in [1.807, 2.05) is 39.0 Å². The topological polar surface area (TPSA) is 90.9 Å². The molecular weight excluding hydrogens is 537 g/mol. The smallest absolute Gasteiger partial charge is 0.310 e. The monoisotopic (exact) mass is 569 g/mol. The third-order valence-electron chi connectivity index (χ3n) is 4.80. The fourth-order valence-corrected chi connectivity index (χ4v) is 3.73. The van der Waals surface area contributed by atoms with E-state index in [-0.39, 0.29) is 19.6 Å². The number of halogens is 3. The number of methoxy groups -OCH3 is 1. The number of rotatable bonds is 13. The van der Waals surface area contributed by atoms with Gasteiger partial charge in [-0.3, -0.25) is 9.59 Å². The molecule has 0 aliphatic heterocycles. The first-order valence-electron chi connectivity index (χ1n) is 11.1. The molecule has 0 aromatic heterocycles. The number of hydrogen-bond donors (Lipinski definition) is 1. The van der Waals surface area contributed by atoms with Crippen LogP contribution in [0, 0.1) is 5.92 Å². The van der Waals surface area contributed by atoms with Crippen LogP contribution in [0.25, 0.3) is 0 Å². The summed E-state index contributed by atoms with van der Waals surface area (Å²) in [6.45, 7) is 7.07. The Labute approximate surface area is 225 Å². The van der Waals surface area contributed by atoms with Gasteiger partial charge < -0.3 is 14.2 Å². The van der Waals surface area contributed by atoms with Gasteiger partial charge in [-0.2, -0.15) is 0 Å². The lowest BCUT2D eigenvalue weighted by atomic mass is 9.99. The summed E-state index contributed by atoms with van der Waals surface area (Å²) in [5.41, 5.74) is 0.829. The lowest BCUT2D eigenvalue weighted by molar-refractivity contribution is -0.150. The number of ether oxygens (including phenoxy) is 3. The van der Waals surface area contributed by atoms with Crippen LogP contribution in [0.4, 0.5) is 0 Å². The second-order valence-corrected chi connectivity index (χ2v) is 13.4. The Morgan fingerprint density at radius 1 is 1.09 bits per heavy atom. The Hall–Kier alpha value is -1.32. The minimum Gasteiger partial charge on any atom is -0.497 e. The van der Waals surface area contributed by atoms with Gasteiger partial charge in [0.15, 0.2) is 0 Å². The van der Waals surface area contributed by atoms with Gasteiger partial charge in [0.05, 0.1) is 28.8 Å². The number of carbonyl (C=O) groups excluding carboxylic acids is 2. The average Bonchev–Trinajstić information content (AvgIpc) is 2.78. The molecule has 3 atom stereocenters. The molecule has 0 aliphatic rings. The first kappa shape index (κ1) is 31.7. The molecular formula is C24H34Cl3NO6S. The summed E-state index contributed by atoms with van der Waals surface area (Å²) in [5, 5.41) is 0. The third-order valence-corrected chi connectivity index (χ3v) is 6.76. The largest absolute Gasteiger partial charge is 0.497 e. The Morgan fingerprint density at radius 2 is 1.71 bits per heavy atom. The van der Waals surface area contributed by atoms with Crippen molar-refractivity contribution in [2.45, 2.75) is 68.1 Å². The minimum atomic E-state index is -1.65. The van der Waals surface area contributed by atoms with Crippen LogP contribution >= 0.6 is 34.8 Å². The highest BCUT2D eigenvalue weighted by Crippen LogP contribution is 2.26. The molecule has 0 saturated heterocycles. The number of esters is 2. The van der Waals surface area contributed by atoms with Gasteiger partial charge in [-0.25, -0.2) is 8.93 Å². The van der Waals surface area contributed by atoms with E-state index in [0.717, 1.165) is 5.56 Å². The van der Waals surface area contributed by atoms with Crippen LogP contribution < -0.4 is 9.46 Å². The van der Waals surface area contributed by atoms with Crippen molar-refractivity contribution in [2.75, 3.05) is 13.7 Å². The summed E-state index contributed by atoms with van der Waals surface area (Å²) >= 11 is 16.7. The Kier molecular flexibility index (Phi) is 13.6. The van der Waals surface area contributed by atoms with E-state index in [1.165, 1.54) is 0 Å². The molecule has 1 aromatic carbocycles. The molecule has 1 unspecified atom stereocenters. The highest BCUT2D eigenvalue weighted by Gasteiger charge is 2.29. The number of nitrogens with one attached hydrogen (secondary N) is 1. The molecule has 0 aliphatic carbocycles. The van der Waals surface area contributed by atoms with Gasteiger partial charge in [0, 0.05) is 12.5 Å². The number of allylic oxidation sites excluding steroid dienone is 1. The number of carbonyl (C=O) groups is 2. The third kappa shape index (κ3) is 13.5. The molecule has 0 saturated carbocycles. The summed E-state index contributed by atoms with van der Waals surface area (Å²) in [4.78, 5) is 24.5. The zero-order valence-corrected chi connectivity index (χ0v) is 23.7. The highest BCUT2D eigenvalue weighted by atomic mass is 35.6. The van der Waals surface area contributed by atoms with E-state index >= 15 is 0 Å². The van der Waals surface area contributed by atoms with E-state index < -0.39 is 43.4 Å². The van der Waals surface area contributed by atoms with Crippen LogP contribution in [-0.2, 0) is 36.7 Å². The molecule has 0 radical (unpaired) electrons. The predicted molar refractivity (Wildman–Crippen MR) is 141 cm³/mol. The number of alkyl halides is 3. The Morgan fingerprint density at radius 3 is 2.26 bits per heavy atom. The van der Waals surface area contributed by atoms with Gasteiger partial charge in [0.25, 0.3) is 0 Å². The summed E-state index contributed by atoms with van der Waals surface area (Å²) in [6.07, 6.45) is 4.55. The van der Waals surface area contributed by atoms with Crippen LogP contribution in [0.15, 0.2) is 36.4 Å². The first-order chi connectivity index (χ1) is 16.2. The summed E-state index contributed by atoms with van der Waals surface area (Å²) < 4.78 is 29.1. The molecule has 1 rings (SSSR count). The molecule has 0 spiro atoms. The van der Waals surface area contributed by atoms with E-state index in [1.54, 1.807) is 32.2 Å². The quantitative estimate of drug-likeness (QED) is 0.193. The maximum absolute atomic E-state index is 12.7.